The molecule has 0 saturated heterocycles. The zero-order valence-electron chi connectivity index (χ0n) is 13.9. The molecule has 2 aromatic rings. The van der Waals surface area contributed by atoms with E-state index in [1.807, 2.05) is 0 Å². The second-order valence-corrected chi connectivity index (χ2v) is 6.04. The lowest BCUT2D eigenvalue weighted by atomic mass is 9.98. The third-order valence-electron chi connectivity index (χ3n) is 4.20. The molecule has 1 aromatic heterocycles. The molecule has 26 heavy (non-hydrogen) atoms. The number of rotatable bonds is 3. The highest BCUT2D eigenvalue weighted by atomic mass is 19.4. The van der Waals surface area contributed by atoms with Crippen molar-refractivity contribution in [3.05, 3.63) is 52.4 Å². The number of fused-ring (bicyclic) bond motifs is 1. The van der Waals surface area contributed by atoms with Gasteiger partial charge in [-0.1, -0.05) is 13.0 Å². The highest BCUT2D eigenvalue weighted by Gasteiger charge is 2.35. The smallest absolute Gasteiger partial charge is 0.390 e. The number of halogens is 4. The zero-order valence-corrected chi connectivity index (χ0v) is 13.9. The Labute approximate surface area is 145 Å². The predicted molar refractivity (Wildman–Crippen MR) is 83.4 cm³/mol. The summed E-state index contributed by atoms with van der Waals surface area (Å²) in [6.07, 6.45) is -5.21. The SMILES string of the molecule is CC1NC(=O)c2c(CO)nc(C(C)c3ccc(C(F)(F)F)c(F)c3)n2N1. The molecule has 1 aliphatic rings. The predicted octanol–water partition coefficient (Wildman–Crippen LogP) is 2.32. The molecule has 2 heterocycles. The molecule has 6 nitrogen and oxygen atoms in total. The van der Waals surface area contributed by atoms with Gasteiger partial charge in [-0.3, -0.25) is 4.79 Å². The van der Waals surface area contributed by atoms with Crippen LogP contribution in [0, 0.1) is 5.82 Å². The van der Waals surface area contributed by atoms with E-state index in [4.69, 9.17) is 0 Å². The maximum Gasteiger partial charge on any atom is 0.419 e. The third-order valence-corrected chi connectivity index (χ3v) is 4.20. The molecule has 0 saturated carbocycles. The van der Waals surface area contributed by atoms with Crippen molar-refractivity contribution < 1.29 is 27.5 Å². The van der Waals surface area contributed by atoms with Crippen molar-refractivity contribution in [1.29, 1.82) is 0 Å². The van der Waals surface area contributed by atoms with E-state index in [2.05, 4.69) is 15.7 Å². The van der Waals surface area contributed by atoms with Gasteiger partial charge < -0.3 is 15.8 Å². The van der Waals surface area contributed by atoms with Crippen LogP contribution in [0.2, 0.25) is 0 Å². The molecule has 2 unspecified atom stereocenters. The number of aliphatic hydroxyl groups is 1. The van der Waals surface area contributed by atoms with Crippen molar-refractivity contribution in [2.75, 3.05) is 5.43 Å². The minimum absolute atomic E-state index is 0.111. The number of benzene rings is 1. The molecular weight excluding hydrogens is 356 g/mol. The van der Waals surface area contributed by atoms with Gasteiger partial charge >= 0.3 is 6.18 Å². The van der Waals surface area contributed by atoms with Gasteiger partial charge in [-0.25, -0.2) is 14.1 Å². The first-order valence-corrected chi connectivity index (χ1v) is 7.80. The highest BCUT2D eigenvalue weighted by Crippen LogP contribution is 2.34. The van der Waals surface area contributed by atoms with Crippen LogP contribution in [0.1, 0.15) is 52.9 Å². The van der Waals surface area contributed by atoms with E-state index in [0.29, 0.717) is 6.07 Å². The molecule has 0 radical (unpaired) electrons. The highest BCUT2D eigenvalue weighted by molar-refractivity contribution is 5.95. The average Bonchev–Trinajstić information content (AvgIpc) is 2.91. The summed E-state index contributed by atoms with van der Waals surface area (Å²) in [5.41, 5.74) is 2.10. The van der Waals surface area contributed by atoms with Crippen LogP contribution in [0.25, 0.3) is 0 Å². The Kier molecular flexibility index (Phi) is 4.39. The number of aromatic nitrogens is 2. The van der Waals surface area contributed by atoms with Crippen molar-refractivity contribution in [2.24, 2.45) is 0 Å². The lowest BCUT2D eigenvalue weighted by molar-refractivity contribution is -0.140. The number of nitrogens with one attached hydrogen (secondary N) is 2. The van der Waals surface area contributed by atoms with Gasteiger partial charge in [0.25, 0.3) is 5.91 Å². The van der Waals surface area contributed by atoms with Crippen LogP contribution in [0.3, 0.4) is 0 Å². The van der Waals surface area contributed by atoms with Crippen molar-refractivity contribution in [1.82, 2.24) is 15.0 Å². The molecule has 10 heteroatoms. The van der Waals surface area contributed by atoms with Crippen molar-refractivity contribution in [2.45, 2.75) is 38.7 Å². The maximum absolute atomic E-state index is 13.9. The number of nitrogens with zero attached hydrogens (tertiary/aromatic N) is 2. The Hall–Kier alpha value is -2.62. The molecule has 3 N–H and O–H groups in total. The first-order valence-electron chi connectivity index (χ1n) is 7.80. The Bertz CT molecular complexity index is 863. The summed E-state index contributed by atoms with van der Waals surface area (Å²) in [5.74, 6) is -2.17. The molecule has 3 rings (SSSR count). The second-order valence-electron chi connectivity index (χ2n) is 6.04. The Morgan fingerprint density at radius 2 is 2.08 bits per heavy atom. The molecular formula is C16H16F4N4O2. The Morgan fingerprint density at radius 1 is 1.38 bits per heavy atom. The van der Waals surface area contributed by atoms with Crippen LogP contribution in [-0.2, 0) is 12.8 Å². The monoisotopic (exact) mass is 372 g/mol. The van der Waals surface area contributed by atoms with E-state index < -0.39 is 42.2 Å². The topological polar surface area (TPSA) is 79.2 Å². The number of hydrogen-bond acceptors (Lipinski definition) is 4. The maximum atomic E-state index is 13.9. The van der Waals surface area contributed by atoms with Crippen molar-refractivity contribution in [3.63, 3.8) is 0 Å². The van der Waals surface area contributed by atoms with Crippen LogP contribution in [-0.4, -0.2) is 26.8 Å². The number of alkyl halides is 3. The summed E-state index contributed by atoms with van der Waals surface area (Å²) in [5, 5.41) is 12.1. The van der Waals surface area contributed by atoms with E-state index in [-0.39, 0.29) is 22.8 Å². The molecule has 140 valence electrons. The number of carbonyl (C=O) groups is 1. The molecule has 0 spiro atoms. The average molecular weight is 372 g/mol. The molecule has 1 aromatic carbocycles. The van der Waals surface area contributed by atoms with Crippen LogP contribution >= 0.6 is 0 Å². The fraction of sp³-hybridized carbons (Fsp3) is 0.375. The fourth-order valence-electron chi connectivity index (χ4n) is 2.92. The largest absolute Gasteiger partial charge is 0.419 e. The number of hydrogen-bond donors (Lipinski definition) is 3. The van der Waals surface area contributed by atoms with E-state index in [1.54, 1.807) is 13.8 Å². The van der Waals surface area contributed by atoms with Crippen LogP contribution < -0.4 is 10.7 Å². The minimum Gasteiger partial charge on any atom is -0.390 e. The van der Waals surface area contributed by atoms with E-state index in [0.717, 1.165) is 6.07 Å². The van der Waals surface area contributed by atoms with Gasteiger partial charge in [-0.2, -0.15) is 13.2 Å². The second kappa shape index (κ2) is 6.27. The molecule has 0 bridgehead atoms. The molecule has 2 atom stereocenters. The van der Waals surface area contributed by atoms with Crippen LogP contribution in [0.4, 0.5) is 17.6 Å². The van der Waals surface area contributed by atoms with Gasteiger partial charge in [-0.05, 0) is 24.6 Å². The lowest BCUT2D eigenvalue weighted by Gasteiger charge is -2.27. The van der Waals surface area contributed by atoms with Gasteiger partial charge in [0.05, 0.1) is 17.9 Å². The molecule has 0 fully saturated rings. The summed E-state index contributed by atoms with van der Waals surface area (Å²) in [7, 11) is 0. The summed E-state index contributed by atoms with van der Waals surface area (Å²) >= 11 is 0. The van der Waals surface area contributed by atoms with Gasteiger partial charge in [0, 0.05) is 5.92 Å². The zero-order chi connectivity index (χ0) is 19.2. The van der Waals surface area contributed by atoms with E-state index >= 15 is 0 Å². The molecule has 0 aliphatic carbocycles. The quantitative estimate of drug-likeness (QED) is 0.723. The normalized spacial score (nSPS) is 18.1. The summed E-state index contributed by atoms with van der Waals surface area (Å²) in [6.45, 7) is 2.82. The van der Waals surface area contributed by atoms with Crippen LogP contribution in [0.15, 0.2) is 18.2 Å². The summed E-state index contributed by atoms with van der Waals surface area (Å²) in [4.78, 5) is 16.4. The number of aliphatic hydroxyl groups excluding tert-OH is 1. The van der Waals surface area contributed by atoms with Gasteiger partial charge in [0.1, 0.15) is 17.8 Å². The first-order chi connectivity index (χ1) is 12.1. The minimum atomic E-state index is -4.78. The van der Waals surface area contributed by atoms with E-state index in [9.17, 15) is 27.5 Å². The van der Waals surface area contributed by atoms with E-state index in [1.165, 1.54) is 10.7 Å². The van der Waals surface area contributed by atoms with Crippen molar-refractivity contribution in [3.8, 4) is 0 Å². The Balaban J connectivity index is 2.05. The molecule has 1 amide bonds. The summed E-state index contributed by atoms with van der Waals surface area (Å²) < 4.78 is 53.5. The van der Waals surface area contributed by atoms with Crippen molar-refractivity contribution >= 4 is 5.91 Å². The Morgan fingerprint density at radius 3 is 2.65 bits per heavy atom. The number of imidazole rings is 1. The number of amides is 1. The molecule has 1 aliphatic heterocycles. The first kappa shape index (κ1) is 18.2. The lowest BCUT2D eigenvalue weighted by Crippen LogP contribution is -2.49. The van der Waals surface area contributed by atoms with Crippen LogP contribution in [0.5, 0.6) is 0 Å². The van der Waals surface area contributed by atoms with Gasteiger partial charge in [-0.15, -0.1) is 0 Å². The fourth-order valence-corrected chi connectivity index (χ4v) is 2.92. The third kappa shape index (κ3) is 3.00. The number of carbonyl (C=O) groups excluding carboxylic acids is 1. The standard InChI is InChI=1S/C16H16F4N4O2/c1-7(9-3-4-10(11(17)5-9)16(18,19)20)14-22-12(6-25)13-15(26)21-8(2)23-24(13)14/h3-5,7-8,23,25H,6H2,1-2H3,(H,21,26). The summed E-state index contributed by atoms with van der Waals surface area (Å²) in [6, 6.07) is 2.65. The van der Waals surface area contributed by atoms with Gasteiger partial charge in [0.15, 0.2) is 5.69 Å². The van der Waals surface area contributed by atoms with Gasteiger partial charge in [0.2, 0.25) is 0 Å².